The Labute approximate surface area is 183 Å². The highest BCUT2D eigenvalue weighted by Gasteiger charge is 2.29. The summed E-state index contributed by atoms with van der Waals surface area (Å²) in [5.74, 6) is -1.29. The van der Waals surface area contributed by atoms with E-state index in [1.54, 1.807) is 53.7 Å². The first-order valence-electron chi connectivity index (χ1n) is 10.0. The second-order valence-corrected chi connectivity index (χ2v) is 7.15. The van der Waals surface area contributed by atoms with Gasteiger partial charge in [0.2, 0.25) is 5.91 Å². The van der Waals surface area contributed by atoms with Crippen LogP contribution < -0.4 is 10.5 Å². The van der Waals surface area contributed by atoms with Gasteiger partial charge in [0, 0.05) is 30.1 Å². The van der Waals surface area contributed by atoms with Gasteiger partial charge in [-0.25, -0.2) is 4.39 Å². The van der Waals surface area contributed by atoms with Crippen LogP contribution in [0.15, 0.2) is 60.9 Å². The molecule has 3 aromatic rings. The van der Waals surface area contributed by atoms with Gasteiger partial charge in [-0.05, 0) is 24.3 Å². The van der Waals surface area contributed by atoms with Gasteiger partial charge in [-0.3, -0.25) is 19.6 Å². The van der Waals surface area contributed by atoms with Crippen molar-refractivity contribution in [3.63, 3.8) is 0 Å². The van der Waals surface area contributed by atoms with Gasteiger partial charge >= 0.3 is 0 Å². The number of nitrogens with two attached hydrogens (primary N) is 1. The van der Waals surface area contributed by atoms with Crippen molar-refractivity contribution in [1.29, 1.82) is 0 Å². The van der Waals surface area contributed by atoms with Crippen LogP contribution in [0, 0.1) is 5.82 Å². The fourth-order valence-electron chi connectivity index (χ4n) is 3.43. The first-order valence-corrected chi connectivity index (χ1v) is 10.0. The predicted octanol–water partition coefficient (Wildman–Crippen LogP) is 2.36. The summed E-state index contributed by atoms with van der Waals surface area (Å²) in [6, 6.07) is 12.6. The number of morpholine rings is 1. The Bertz CT molecular complexity index is 1120. The number of para-hydroxylation sites is 1. The molecule has 2 heterocycles. The first kappa shape index (κ1) is 21.4. The number of primary amides is 1. The van der Waals surface area contributed by atoms with E-state index in [0.29, 0.717) is 30.1 Å². The van der Waals surface area contributed by atoms with Crippen LogP contribution in [0.5, 0.6) is 5.75 Å². The van der Waals surface area contributed by atoms with E-state index in [1.807, 2.05) is 0 Å². The lowest BCUT2D eigenvalue weighted by Crippen LogP contribution is -2.44. The van der Waals surface area contributed by atoms with Crippen LogP contribution in [0.2, 0.25) is 0 Å². The van der Waals surface area contributed by atoms with E-state index < -0.39 is 17.8 Å². The number of hydrogen-bond donors (Lipinski definition) is 1. The van der Waals surface area contributed by atoms with Gasteiger partial charge in [0.05, 0.1) is 24.5 Å². The van der Waals surface area contributed by atoms with E-state index in [-0.39, 0.29) is 24.8 Å². The lowest BCUT2D eigenvalue weighted by atomic mass is 10.0. The highest BCUT2D eigenvalue weighted by molar-refractivity contribution is 5.93. The Kier molecular flexibility index (Phi) is 6.37. The number of hydrogen-bond acceptors (Lipinski definition) is 6. The number of carbonyl (C=O) groups is 2. The molecular weight excluding hydrogens is 415 g/mol. The highest BCUT2D eigenvalue weighted by Crippen LogP contribution is 2.29. The third-order valence-electron chi connectivity index (χ3n) is 5.08. The molecule has 2 aromatic carbocycles. The summed E-state index contributed by atoms with van der Waals surface area (Å²) in [4.78, 5) is 34.5. The Balaban J connectivity index is 1.48. The van der Waals surface area contributed by atoms with Crippen LogP contribution in [-0.4, -0.2) is 53.0 Å². The standard InChI is InChI=1S/C23H21FN4O4/c24-17-3-1-2-4-18(17)32-14-20(29)28-11-12-31-19(13-28)22-21(26-9-10-27-22)15-5-7-16(8-6-15)23(25)30/h1-10,19H,11-14H2,(H2,25,30)/t19-/m0/s1. The molecule has 0 saturated carbocycles. The van der Waals surface area contributed by atoms with Crippen molar-refractivity contribution in [2.24, 2.45) is 5.73 Å². The molecule has 0 aliphatic carbocycles. The largest absolute Gasteiger partial charge is 0.481 e. The second kappa shape index (κ2) is 9.52. The molecule has 1 aliphatic rings. The minimum Gasteiger partial charge on any atom is -0.481 e. The zero-order chi connectivity index (χ0) is 22.5. The summed E-state index contributed by atoms with van der Waals surface area (Å²) in [6.07, 6.45) is 2.62. The Hall–Kier alpha value is -3.85. The van der Waals surface area contributed by atoms with Gasteiger partial charge in [-0.2, -0.15) is 0 Å². The number of ether oxygens (including phenoxy) is 2. The van der Waals surface area contributed by atoms with Crippen LogP contribution in [0.25, 0.3) is 11.3 Å². The monoisotopic (exact) mass is 436 g/mol. The summed E-state index contributed by atoms with van der Waals surface area (Å²) in [6.45, 7) is 0.672. The molecule has 0 unspecified atom stereocenters. The van der Waals surface area contributed by atoms with Gasteiger partial charge in [-0.1, -0.05) is 24.3 Å². The van der Waals surface area contributed by atoms with E-state index in [9.17, 15) is 14.0 Å². The molecule has 2 amide bonds. The molecule has 2 N–H and O–H groups in total. The maximum absolute atomic E-state index is 13.7. The third kappa shape index (κ3) is 4.73. The van der Waals surface area contributed by atoms with Crippen molar-refractivity contribution < 1.29 is 23.5 Å². The van der Waals surface area contributed by atoms with Crippen LogP contribution in [0.3, 0.4) is 0 Å². The number of benzene rings is 2. The summed E-state index contributed by atoms with van der Waals surface area (Å²) < 4.78 is 25.0. The number of nitrogens with zero attached hydrogens (tertiary/aromatic N) is 3. The molecule has 0 radical (unpaired) electrons. The van der Waals surface area contributed by atoms with E-state index in [0.717, 1.165) is 5.56 Å². The van der Waals surface area contributed by atoms with Crippen LogP contribution in [-0.2, 0) is 9.53 Å². The van der Waals surface area contributed by atoms with Crippen molar-refractivity contribution in [1.82, 2.24) is 14.9 Å². The molecule has 1 aromatic heterocycles. The van der Waals surface area contributed by atoms with Gasteiger partial charge in [0.15, 0.2) is 18.2 Å². The van der Waals surface area contributed by atoms with E-state index in [1.165, 1.54) is 12.1 Å². The predicted molar refractivity (Wildman–Crippen MR) is 113 cm³/mol. The average Bonchev–Trinajstić information content (AvgIpc) is 2.83. The Morgan fingerprint density at radius 2 is 1.88 bits per heavy atom. The van der Waals surface area contributed by atoms with Gasteiger partial charge in [0.25, 0.3) is 5.91 Å². The van der Waals surface area contributed by atoms with Crippen molar-refractivity contribution in [3.05, 3.63) is 78.0 Å². The zero-order valence-electron chi connectivity index (χ0n) is 17.1. The lowest BCUT2D eigenvalue weighted by molar-refractivity contribution is -0.141. The molecule has 32 heavy (non-hydrogen) atoms. The number of aromatic nitrogens is 2. The average molecular weight is 436 g/mol. The molecule has 1 atom stereocenters. The number of carbonyl (C=O) groups excluding carboxylic acids is 2. The molecule has 9 heteroatoms. The van der Waals surface area contributed by atoms with Crippen molar-refractivity contribution in [2.75, 3.05) is 26.3 Å². The first-order chi connectivity index (χ1) is 15.5. The molecule has 8 nitrogen and oxygen atoms in total. The zero-order valence-corrected chi connectivity index (χ0v) is 17.1. The SMILES string of the molecule is NC(=O)c1ccc(-c2nccnc2[C@@H]2CN(C(=O)COc3ccccc3F)CCO2)cc1. The third-order valence-corrected chi connectivity index (χ3v) is 5.08. The maximum atomic E-state index is 13.7. The summed E-state index contributed by atoms with van der Waals surface area (Å²) in [5, 5.41) is 0. The van der Waals surface area contributed by atoms with Gasteiger partial charge < -0.3 is 20.1 Å². The van der Waals surface area contributed by atoms with Crippen LogP contribution in [0.1, 0.15) is 22.2 Å². The molecule has 0 spiro atoms. The number of amides is 2. The van der Waals surface area contributed by atoms with Crippen molar-refractivity contribution in [3.8, 4) is 17.0 Å². The number of halogens is 1. The van der Waals surface area contributed by atoms with Gasteiger partial charge in [0.1, 0.15) is 6.10 Å². The smallest absolute Gasteiger partial charge is 0.260 e. The van der Waals surface area contributed by atoms with Crippen LogP contribution in [0.4, 0.5) is 4.39 Å². The fraction of sp³-hybridized carbons (Fsp3) is 0.217. The molecule has 1 saturated heterocycles. The van der Waals surface area contributed by atoms with Crippen LogP contribution >= 0.6 is 0 Å². The normalized spacial score (nSPS) is 15.9. The molecular formula is C23H21FN4O4. The second-order valence-electron chi connectivity index (χ2n) is 7.15. The fourth-order valence-corrected chi connectivity index (χ4v) is 3.43. The minimum absolute atomic E-state index is 0.0290. The summed E-state index contributed by atoms with van der Waals surface area (Å²) >= 11 is 0. The van der Waals surface area contributed by atoms with E-state index >= 15 is 0 Å². The lowest BCUT2D eigenvalue weighted by Gasteiger charge is -2.33. The highest BCUT2D eigenvalue weighted by atomic mass is 19.1. The molecule has 0 bridgehead atoms. The Morgan fingerprint density at radius 3 is 2.62 bits per heavy atom. The topological polar surface area (TPSA) is 108 Å². The van der Waals surface area contributed by atoms with Crippen molar-refractivity contribution >= 4 is 11.8 Å². The van der Waals surface area contributed by atoms with Gasteiger partial charge in [-0.15, -0.1) is 0 Å². The molecule has 4 rings (SSSR count). The number of rotatable bonds is 6. The summed E-state index contributed by atoms with van der Waals surface area (Å²) in [5.41, 5.74) is 7.60. The quantitative estimate of drug-likeness (QED) is 0.636. The minimum atomic E-state index is -0.522. The Morgan fingerprint density at radius 1 is 1.12 bits per heavy atom. The van der Waals surface area contributed by atoms with E-state index in [4.69, 9.17) is 15.2 Å². The van der Waals surface area contributed by atoms with Crippen molar-refractivity contribution in [2.45, 2.75) is 6.10 Å². The molecule has 164 valence electrons. The molecule has 1 aliphatic heterocycles. The molecule has 1 fully saturated rings. The van der Waals surface area contributed by atoms with E-state index in [2.05, 4.69) is 9.97 Å². The maximum Gasteiger partial charge on any atom is 0.260 e. The summed E-state index contributed by atoms with van der Waals surface area (Å²) in [7, 11) is 0.